The lowest BCUT2D eigenvalue weighted by molar-refractivity contribution is 0.188. The fraction of sp³-hybridized carbons (Fsp3) is 0.250. The Kier molecular flexibility index (Phi) is 3.66. The van der Waals surface area contributed by atoms with Gasteiger partial charge in [0.2, 0.25) is 0 Å². The fourth-order valence-corrected chi connectivity index (χ4v) is 1.62. The molecule has 4 nitrogen and oxygen atoms in total. The van der Waals surface area contributed by atoms with Crippen LogP contribution >= 0.6 is 11.6 Å². The Morgan fingerprint density at radius 1 is 1.47 bits per heavy atom. The molecule has 5 heteroatoms. The van der Waals surface area contributed by atoms with E-state index in [9.17, 15) is 5.11 Å². The first-order chi connectivity index (χ1) is 8.20. The molecule has 17 heavy (non-hydrogen) atoms. The van der Waals surface area contributed by atoms with Crippen molar-refractivity contribution in [1.29, 1.82) is 0 Å². The smallest absolute Gasteiger partial charge is 0.193 e. The van der Waals surface area contributed by atoms with Crippen LogP contribution in [-0.2, 0) is 0 Å². The van der Waals surface area contributed by atoms with Crippen LogP contribution < -0.4 is 4.74 Å². The standard InChI is InChI=1S/C12H12ClNO3/c1-2-16-9-5-8(6-14-7-9)12(15)10-3-4-11(13)17-10/h3-7,12,15H,2H2,1H3. The molecule has 2 aromatic rings. The number of aromatic nitrogens is 1. The van der Waals surface area contributed by atoms with E-state index in [0.29, 0.717) is 23.7 Å². The van der Waals surface area contributed by atoms with Crippen LogP contribution in [-0.4, -0.2) is 16.7 Å². The maximum absolute atomic E-state index is 10.0. The van der Waals surface area contributed by atoms with Gasteiger partial charge in [-0.3, -0.25) is 4.98 Å². The maximum Gasteiger partial charge on any atom is 0.193 e. The quantitative estimate of drug-likeness (QED) is 0.910. The molecule has 1 N–H and O–H groups in total. The summed E-state index contributed by atoms with van der Waals surface area (Å²) in [6.45, 7) is 2.43. The zero-order chi connectivity index (χ0) is 12.3. The first-order valence-electron chi connectivity index (χ1n) is 5.21. The van der Waals surface area contributed by atoms with Crippen LogP contribution in [0.25, 0.3) is 0 Å². The van der Waals surface area contributed by atoms with Crippen molar-refractivity contribution in [2.75, 3.05) is 6.61 Å². The van der Waals surface area contributed by atoms with Gasteiger partial charge in [0.1, 0.15) is 17.6 Å². The molecule has 0 amide bonds. The van der Waals surface area contributed by atoms with Crippen molar-refractivity contribution in [3.63, 3.8) is 0 Å². The minimum atomic E-state index is -0.893. The van der Waals surface area contributed by atoms with Gasteiger partial charge in [0.15, 0.2) is 5.22 Å². The topological polar surface area (TPSA) is 55.5 Å². The van der Waals surface area contributed by atoms with Gasteiger partial charge in [-0.15, -0.1) is 0 Å². The SMILES string of the molecule is CCOc1cncc(C(O)c2ccc(Cl)o2)c1. The van der Waals surface area contributed by atoms with Crippen LogP contribution in [0.15, 0.2) is 35.0 Å². The summed E-state index contributed by atoms with van der Waals surface area (Å²) in [5.74, 6) is 0.993. The monoisotopic (exact) mass is 253 g/mol. The van der Waals surface area contributed by atoms with Crippen molar-refractivity contribution in [3.8, 4) is 5.75 Å². The summed E-state index contributed by atoms with van der Waals surface area (Å²) in [5.41, 5.74) is 0.599. The van der Waals surface area contributed by atoms with Crippen LogP contribution in [0.5, 0.6) is 5.75 Å². The molecule has 2 rings (SSSR count). The van der Waals surface area contributed by atoms with Crippen molar-refractivity contribution in [3.05, 3.63) is 47.1 Å². The van der Waals surface area contributed by atoms with Gasteiger partial charge < -0.3 is 14.3 Å². The number of aliphatic hydroxyl groups is 1. The highest BCUT2D eigenvalue weighted by Gasteiger charge is 2.15. The highest BCUT2D eigenvalue weighted by molar-refractivity contribution is 6.28. The Morgan fingerprint density at radius 3 is 2.94 bits per heavy atom. The molecule has 0 radical (unpaired) electrons. The zero-order valence-electron chi connectivity index (χ0n) is 9.26. The van der Waals surface area contributed by atoms with Gasteiger partial charge >= 0.3 is 0 Å². The van der Waals surface area contributed by atoms with Crippen LogP contribution in [0.2, 0.25) is 5.22 Å². The number of rotatable bonds is 4. The van der Waals surface area contributed by atoms with Gasteiger partial charge in [-0.2, -0.15) is 0 Å². The molecule has 2 heterocycles. The Bertz CT molecular complexity index is 498. The number of hydrogen-bond acceptors (Lipinski definition) is 4. The molecular weight excluding hydrogens is 242 g/mol. The fourth-order valence-electron chi connectivity index (χ4n) is 1.47. The van der Waals surface area contributed by atoms with Crippen LogP contribution in [0.1, 0.15) is 24.4 Å². The van der Waals surface area contributed by atoms with E-state index in [4.69, 9.17) is 20.8 Å². The van der Waals surface area contributed by atoms with Gasteiger partial charge in [-0.25, -0.2) is 0 Å². The van der Waals surface area contributed by atoms with Crippen LogP contribution in [0, 0.1) is 0 Å². The van der Waals surface area contributed by atoms with E-state index in [0.717, 1.165) is 0 Å². The Morgan fingerprint density at radius 2 is 2.29 bits per heavy atom. The van der Waals surface area contributed by atoms with Gasteiger partial charge in [0.25, 0.3) is 0 Å². The average molecular weight is 254 g/mol. The Hall–Kier alpha value is -1.52. The van der Waals surface area contributed by atoms with Gasteiger partial charge in [-0.05, 0) is 36.7 Å². The van der Waals surface area contributed by atoms with Crippen molar-refractivity contribution in [2.45, 2.75) is 13.0 Å². The minimum absolute atomic E-state index is 0.243. The highest BCUT2D eigenvalue weighted by atomic mass is 35.5. The number of ether oxygens (including phenoxy) is 1. The summed E-state index contributed by atoms with van der Waals surface area (Å²) in [5, 5.41) is 10.3. The molecule has 0 bridgehead atoms. The van der Waals surface area contributed by atoms with E-state index in [-0.39, 0.29) is 5.22 Å². The van der Waals surface area contributed by atoms with Gasteiger partial charge in [0.05, 0.1) is 12.8 Å². The summed E-state index contributed by atoms with van der Waals surface area (Å²) in [4.78, 5) is 4.00. The molecular formula is C12H12ClNO3. The second-order valence-corrected chi connectivity index (χ2v) is 3.80. The molecule has 90 valence electrons. The average Bonchev–Trinajstić information content (AvgIpc) is 2.76. The third-order valence-electron chi connectivity index (χ3n) is 2.22. The van der Waals surface area contributed by atoms with E-state index in [2.05, 4.69) is 4.98 Å². The van der Waals surface area contributed by atoms with E-state index < -0.39 is 6.10 Å². The normalized spacial score (nSPS) is 12.4. The van der Waals surface area contributed by atoms with Crippen molar-refractivity contribution < 1.29 is 14.3 Å². The van der Waals surface area contributed by atoms with Crippen LogP contribution in [0.3, 0.4) is 0 Å². The van der Waals surface area contributed by atoms with E-state index >= 15 is 0 Å². The molecule has 1 unspecified atom stereocenters. The van der Waals surface area contributed by atoms with E-state index in [1.807, 2.05) is 6.92 Å². The van der Waals surface area contributed by atoms with E-state index in [1.165, 1.54) is 0 Å². The number of pyridine rings is 1. The minimum Gasteiger partial charge on any atom is -0.492 e. The number of hydrogen-bond donors (Lipinski definition) is 1. The molecule has 0 aliphatic rings. The number of furan rings is 1. The third kappa shape index (κ3) is 2.78. The van der Waals surface area contributed by atoms with Crippen molar-refractivity contribution >= 4 is 11.6 Å². The summed E-state index contributed by atoms with van der Waals surface area (Å²) in [6, 6.07) is 4.93. The molecule has 0 aliphatic carbocycles. The second kappa shape index (κ2) is 5.21. The number of halogens is 1. The lowest BCUT2D eigenvalue weighted by atomic mass is 10.1. The molecule has 0 aliphatic heterocycles. The van der Waals surface area contributed by atoms with Crippen LogP contribution in [0.4, 0.5) is 0 Å². The largest absolute Gasteiger partial charge is 0.492 e. The van der Waals surface area contributed by atoms with E-state index in [1.54, 1.807) is 30.6 Å². The summed E-state index contributed by atoms with van der Waals surface area (Å²) in [7, 11) is 0. The summed E-state index contributed by atoms with van der Waals surface area (Å²) in [6.07, 6.45) is 2.26. The molecule has 2 aromatic heterocycles. The predicted octanol–water partition coefficient (Wildman–Crippen LogP) is 2.81. The molecule has 0 saturated carbocycles. The summed E-state index contributed by atoms with van der Waals surface area (Å²) < 4.78 is 10.5. The van der Waals surface area contributed by atoms with Gasteiger partial charge in [-0.1, -0.05) is 0 Å². The molecule has 0 spiro atoms. The maximum atomic E-state index is 10.0. The molecule has 0 saturated heterocycles. The summed E-state index contributed by atoms with van der Waals surface area (Å²) >= 11 is 5.65. The molecule has 0 aromatic carbocycles. The third-order valence-corrected chi connectivity index (χ3v) is 2.43. The first kappa shape index (κ1) is 12.0. The van der Waals surface area contributed by atoms with Crippen molar-refractivity contribution in [1.82, 2.24) is 4.98 Å². The lowest BCUT2D eigenvalue weighted by Crippen LogP contribution is -2.00. The highest BCUT2D eigenvalue weighted by Crippen LogP contribution is 2.27. The Labute approximate surface area is 104 Å². The number of nitrogens with zero attached hydrogens (tertiary/aromatic N) is 1. The second-order valence-electron chi connectivity index (χ2n) is 3.43. The Balaban J connectivity index is 2.24. The zero-order valence-corrected chi connectivity index (χ0v) is 10.0. The molecule has 1 atom stereocenters. The predicted molar refractivity (Wildman–Crippen MR) is 63.2 cm³/mol. The van der Waals surface area contributed by atoms with Gasteiger partial charge in [0, 0.05) is 11.8 Å². The number of aliphatic hydroxyl groups excluding tert-OH is 1. The lowest BCUT2D eigenvalue weighted by Gasteiger charge is -2.09. The van der Waals surface area contributed by atoms with Crippen molar-refractivity contribution in [2.24, 2.45) is 0 Å². The first-order valence-corrected chi connectivity index (χ1v) is 5.59. The molecule has 0 fully saturated rings.